The average molecular weight is 280 g/mol. The van der Waals surface area contributed by atoms with Crippen LogP contribution >= 0.6 is 0 Å². The van der Waals surface area contributed by atoms with E-state index in [-0.39, 0.29) is 0 Å². The van der Waals surface area contributed by atoms with Crippen molar-refractivity contribution in [2.75, 3.05) is 21.3 Å². The maximum atomic E-state index is 11.7. The second-order valence-electron chi connectivity index (χ2n) is 5.01. The molecule has 0 unspecified atom stereocenters. The molecule has 110 valence electrons. The van der Waals surface area contributed by atoms with Crippen LogP contribution in [0.1, 0.15) is 30.4 Å². The molecule has 0 heterocycles. The zero-order valence-corrected chi connectivity index (χ0v) is 12.1. The number of benzene rings is 1. The summed E-state index contributed by atoms with van der Waals surface area (Å²) in [6.45, 7) is 0.389. The third-order valence-electron chi connectivity index (χ3n) is 4.03. The highest BCUT2D eigenvalue weighted by Crippen LogP contribution is 2.50. The first-order chi connectivity index (χ1) is 9.60. The van der Waals surface area contributed by atoms with Crippen LogP contribution in [-0.2, 0) is 21.6 Å². The largest absolute Gasteiger partial charge is 0.493 e. The molecule has 1 N–H and O–H groups in total. The Morgan fingerprint density at radius 1 is 1.20 bits per heavy atom. The van der Waals surface area contributed by atoms with E-state index in [0.717, 1.165) is 12.0 Å². The predicted molar refractivity (Wildman–Crippen MR) is 73.4 cm³/mol. The van der Waals surface area contributed by atoms with Gasteiger partial charge in [-0.3, -0.25) is 4.79 Å². The van der Waals surface area contributed by atoms with Gasteiger partial charge in [-0.05, 0) is 12.8 Å². The Hall–Kier alpha value is -1.75. The fourth-order valence-electron chi connectivity index (χ4n) is 2.80. The van der Waals surface area contributed by atoms with Gasteiger partial charge >= 0.3 is 5.97 Å². The average Bonchev–Trinajstić information content (AvgIpc) is 2.38. The number of hydrogen-bond acceptors (Lipinski definition) is 4. The lowest BCUT2D eigenvalue weighted by atomic mass is 9.64. The molecule has 5 nitrogen and oxygen atoms in total. The molecule has 0 amide bonds. The van der Waals surface area contributed by atoms with Crippen LogP contribution in [0, 0.1) is 0 Å². The highest BCUT2D eigenvalue weighted by atomic mass is 16.5. The Morgan fingerprint density at radius 3 is 2.25 bits per heavy atom. The maximum Gasteiger partial charge on any atom is 0.314 e. The Labute approximate surface area is 118 Å². The molecule has 20 heavy (non-hydrogen) atoms. The van der Waals surface area contributed by atoms with Crippen molar-refractivity contribution in [2.24, 2.45) is 0 Å². The first-order valence-electron chi connectivity index (χ1n) is 6.57. The van der Waals surface area contributed by atoms with Crippen molar-refractivity contribution in [1.29, 1.82) is 0 Å². The van der Waals surface area contributed by atoms with Crippen LogP contribution in [0.3, 0.4) is 0 Å². The molecule has 1 aliphatic carbocycles. The Bertz CT molecular complexity index is 505. The summed E-state index contributed by atoms with van der Waals surface area (Å²) in [5.41, 5.74) is 0.690. The number of ether oxygens (including phenoxy) is 3. The summed E-state index contributed by atoms with van der Waals surface area (Å²) in [7, 11) is 4.69. The van der Waals surface area contributed by atoms with E-state index in [1.54, 1.807) is 14.2 Å². The van der Waals surface area contributed by atoms with Gasteiger partial charge in [0.25, 0.3) is 0 Å². The monoisotopic (exact) mass is 280 g/mol. The van der Waals surface area contributed by atoms with Gasteiger partial charge in [0.15, 0.2) is 11.5 Å². The summed E-state index contributed by atoms with van der Waals surface area (Å²) in [5, 5.41) is 9.57. The van der Waals surface area contributed by atoms with Crippen LogP contribution in [0.4, 0.5) is 0 Å². The molecule has 1 aromatic carbocycles. The van der Waals surface area contributed by atoms with Crippen molar-refractivity contribution in [3.05, 3.63) is 23.3 Å². The van der Waals surface area contributed by atoms with Crippen molar-refractivity contribution in [3.8, 4) is 11.5 Å². The van der Waals surface area contributed by atoms with E-state index in [2.05, 4.69) is 0 Å². The molecule has 1 aliphatic rings. The van der Waals surface area contributed by atoms with E-state index in [0.29, 0.717) is 36.5 Å². The number of carbonyl (C=O) groups is 1. The second-order valence-corrected chi connectivity index (χ2v) is 5.01. The van der Waals surface area contributed by atoms with Gasteiger partial charge in [0.2, 0.25) is 0 Å². The molecular formula is C15H20O5. The van der Waals surface area contributed by atoms with E-state index in [4.69, 9.17) is 14.2 Å². The summed E-state index contributed by atoms with van der Waals surface area (Å²) >= 11 is 0. The molecule has 2 rings (SSSR count). The fraction of sp³-hybridized carbons (Fsp3) is 0.533. The van der Waals surface area contributed by atoms with E-state index in [9.17, 15) is 9.90 Å². The van der Waals surface area contributed by atoms with Crippen molar-refractivity contribution in [3.63, 3.8) is 0 Å². The van der Waals surface area contributed by atoms with E-state index < -0.39 is 11.4 Å². The zero-order chi connectivity index (χ0) is 14.8. The number of carboxylic acid groups (broad SMARTS) is 1. The summed E-state index contributed by atoms with van der Waals surface area (Å²) < 4.78 is 16.0. The minimum absolute atomic E-state index is 0.389. The van der Waals surface area contributed by atoms with Gasteiger partial charge in [-0.15, -0.1) is 0 Å². The standard InChI is InChI=1S/C15H20O5/c1-18-9-10-5-6-11(13(20-3)12(10)19-2)15(14(16)17)7-4-8-15/h5-6H,4,7-9H2,1-3H3,(H,16,17). The highest BCUT2D eigenvalue weighted by molar-refractivity contribution is 5.84. The van der Waals surface area contributed by atoms with Crippen molar-refractivity contribution in [1.82, 2.24) is 0 Å². The SMILES string of the molecule is COCc1ccc(C2(C(=O)O)CCC2)c(OC)c1OC. The van der Waals surface area contributed by atoms with Crippen LogP contribution in [0.15, 0.2) is 12.1 Å². The van der Waals surface area contributed by atoms with Crippen LogP contribution in [-0.4, -0.2) is 32.4 Å². The number of methoxy groups -OCH3 is 3. The number of carboxylic acids is 1. The number of rotatable bonds is 6. The molecule has 0 spiro atoms. The first-order valence-corrected chi connectivity index (χ1v) is 6.57. The molecule has 0 radical (unpaired) electrons. The lowest BCUT2D eigenvalue weighted by molar-refractivity contribution is -0.147. The molecule has 1 fully saturated rings. The molecule has 0 atom stereocenters. The van der Waals surface area contributed by atoms with Gasteiger partial charge in [0.05, 0.1) is 26.2 Å². The van der Waals surface area contributed by atoms with Crippen LogP contribution in [0.5, 0.6) is 11.5 Å². The van der Waals surface area contributed by atoms with Crippen molar-refractivity contribution >= 4 is 5.97 Å². The minimum Gasteiger partial charge on any atom is -0.493 e. The van der Waals surface area contributed by atoms with Gasteiger partial charge in [-0.2, -0.15) is 0 Å². The summed E-state index contributed by atoms with van der Waals surface area (Å²) in [6, 6.07) is 3.67. The Balaban J connectivity index is 2.57. The lowest BCUT2D eigenvalue weighted by Gasteiger charge is -2.39. The fourth-order valence-corrected chi connectivity index (χ4v) is 2.80. The third-order valence-corrected chi connectivity index (χ3v) is 4.03. The zero-order valence-electron chi connectivity index (χ0n) is 12.1. The van der Waals surface area contributed by atoms with E-state index in [1.807, 2.05) is 12.1 Å². The topological polar surface area (TPSA) is 65.0 Å². The predicted octanol–water partition coefficient (Wildman–Crippen LogP) is 2.36. The number of hydrogen-bond donors (Lipinski definition) is 1. The molecule has 1 saturated carbocycles. The van der Waals surface area contributed by atoms with E-state index in [1.165, 1.54) is 7.11 Å². The second kappa shape index (κ2) is 5.71. The molecule has 0 aliphatic heterocycles. The molecular weight excluding hydrogens is 260 g/mol. The van der Waals surface area contributed by atoms with Gasteiger partial charge in [0.1, 0.15) is 0 Å². The molecule has 0 aromatic heterocycles. The summed E-state index contributed by atoms with van der Waals surface area (Å²) in [4.78, 5) is 11.7. The third kappa shape index (κ3) is 2.12. The Morgan fingerprint density at radius 2 is 1.85 bits per heavy atom. The minimum atomic E-state index is -0.843. The van der Waals surface area contributed by atoms with Gasteiger partial charge in [0, 0.05) is 18.2 Å². The van der Waals surface area contributed by atoms with Gasteiger partial charge in [-0.1, -0.05) is 18.6 Å². The van der Waals surface area contributed by atoms with Gasteiger partial charge in [-0.25, -0.2) is 0 Å². The Kier molecular flexibility index (Phi) is 4.18. The van der Waals surface area contributed by atoms with Gasteiger partial charge < -0.3 is 19.3 Å². The maximum absolute atomic E-state index is 11.7. The van der Waals surface area contributed by atoms with Crippen LogP contribution in [0.25, 0.3) is 0 Å². The van der Waals surface area contributed by atoms with Crippen LogP contribution in [0.2, 0.25) is 0 Å². The van der Waals surface area contributed by atoms with Crippen LogP contribution < -0.4 is 9.47 Å². The lowest BCUT2D eigenvalue weighted by Crippen LogP contribution is -2.42. The highest BCUT2D eigenvalue weighted by Gasteiger charge is 2.48. The smallest absolute Gasteiger partial charge is 0.314 e. The number of aliphatic carboxylic acids is 1. The summed E-state index contributed by atoms with van der Waals surface area (Å²) in [5.74, 6) is 0.257. The molecule has 0 bridgehead atoms. The van der Waals surface area contributed by atoms with Crippen molar-refractivity contribution < 1.29 is 24.1 Å². The van der Waals surface area contributed by atoms with Crippen molar-refractivity contribution in [2.45, 2.75) is 31.3 Å². The quantitative estimate of drug-likeness (QED) is 0.866. The summed E-state index contributed by atoms with van der Waals surface area (Å²) in [6.07, 6.45) is 2.18. The molecule has 1 aromatic rings. The normalized spacial score (nSPS) is 16.4. The first kappa shape index (κ1) is 14.7. The molecule has 0 saturated heterocycles. The van der Waals surface area contributed by atoms with E-state index >= 15 is 0 Å². The molecule has 5 heteroatoms.